The van der Waals surface area contributed by atoms with E-state index >= 15 is 0 Å². The van der Waals surface area contributed by atoms with Crippen molar-refractivity contribution < 1.29 is 17.9 Å². The SMILES string of the molecule is CCNC1CC(c2ccc(OCC(F)(F)F)cc2)C1. The van der Waals surface area contributed by atoms with Gasteiger partial charge < -0.3 is 10.1 Å². The predicted molar refractivity (Wildman–Crippen MR) is 67.4 cm³/mol. The Balaban J connectivity index is 1.82. The van der Waals surface area contributed by atoms with E-state index in [1.165, 1.54) is 5.56 Å². The van der Waals surface area contributed by atoms with Crippen LogP contribution in [0.4, 0.5) is 13.2 Å². The number of nitrogens with one attached hydrogen (secondary N) is 1. The van der Waals surface area contributed by atoms with E-state index in [1.807, 2.05) is 12.1 Å². The van der Waals surface area contributed by atoms with Crippen LogP contribution in [0.3, 0.4) is 0 Å². The van der Waals surface area contributed by atoms with Gasteiger partial charge in [0.15, 0.2) is 6.61 Å². The third-order valence-electron chi connectivity index (χ3n) is 3.38. The topological polar surface area (TPSA) is 21.3 Å². The van der Waals surface area contributed by atoms with Gasteiger partial charge in [-0.25, -0.2) is 0 Å². The minimum absolute atomic E-state index is 0.267. The number of hydrogen-bond donors (Lipinski definition) is 1. The predicted octanol–water partition coefficient (Wildman–Crippen LogP) is 3.48. The lowest BCUT2D eigenvalue weighted by molar-refractivity contribution is -0.153. The molecular weight excluding hydrogens is 255 g/mol. The Bertz CT molecular complexity index is 396. The van der Waals surface area contributed by atoms with Crippen molar-refractivity contribution in [1.82, 2.24) is 5.32 Å². The standard InChI is InChI=1S/C14H18F3NO/c1-2-18-12-7-11(8-12)10-3-5-13(6-4-10)19-9-14(15,16)17/h3-6,11-12,18H,2,7-9H2,1H3. The summed E-state index contributed by atoms with van der Waals surface area (Å²) in [6, 6.07) is 7.52. The number of ether oxygens (including phenoxy) is 1. The van der Waals surface area contributed by atoms with Crippen molar-refractivity contribution in [3.05, 3.63) is 29.8 Å². The first-order chi connectivity index (χ1) is 8.98. The Morgan fingerprint density at radius 1 is 1.21 bits per heavy atom. The fourth-order valence-electron chi connectivity index (χ4n) is 2.35. The molecule has 0 bridgehead atoms. The van der Waals surface area contributed by atoms with E-state index in [2.05, 4.69) is 17.0 Å². The van der Waals surface area contributed by atoms with Gasteiger partial charge in [0.1, 0.15) is 5.75 Å². The summed E-state index contributed by atoms with van der Waals surface area (Å²) in [6.45, 7) is 1.82. The molecule has 5 heteroatoms. The van der Waals surface area contributed by atoms with Crippen molar-refractivity contribution in [3.8, 4) is 5.75 Å². The Morgan fingerprint density at radius 3 is 2.37 bits per heavy atom. The first-order valence-electron chi connectivity index (χ1n) is 6.51. The van der Waals surface area contributed by atoms with Crippen molar-refractivity contribution in [2.24, 2.45) is 0 Å². The first-order valence-corrected chi connectivity index (χ1v) is 6.51. The van der Waals surface area contributed by atoms with Gasteiger partial charge in [0.2, 0.25) is 0 Å². The van der Waals surface area contributed by atoms with E-state index in [9.17, 15) is 13.2 Å². The maximum absolute atomic E-state index is 12.0. The van der Waals surface area contributed by atoms with Crippen LogP contribution in [0.15, 0.2) is 24.3 Å². The summed E-state index contributed by atoms with van der Waals surface area (Å²) in [5.74, 6) is 0.782. The Labute approximate surface area is 111 Å². The Kier molecular flexibility index (Phi) is 4.34. The quantitative estimate of drug-likeness (QED) is 0.886. The van der Waals surface area contributed by atoms with E-state index in [-0.39, 0.29) is 5.75 Å². The molecule has 0 spiro atoms. The van der Waals surface area contributed by atoms with Gasteiger partial charge >= 0.3 is 6.18 Å². The maximum atomic E-state index is 12.0. The second-order valence-corrected chi connectivity index (χ2v) is 4.90. The van der Waals surface area contributed by atoms with Gasteiger partial charge in [-0.3, -0.25) is 0 Å². The summed E-state index contributed by atoms with van der Waals surface area (Å²) in [6.07, 6.45) is -2.10. The van der Waals surface area contributed by atoms with Crippen LogP contribution in [0, 0.1) is 0 Å². The highest BCUT2D eigenvalue weighted by Gasteiger charge is 2.30. The molecule has 1 aliphatic rings. The van der Waals surface area contributed by atoms with Crippen LogP contribution in [-0.2, 0) is 0 Å². The molecule has 1 aliphatic carbocycles. The molecule has 0 atom stereocenters. The second-order valence-electron chi connectivity index (χ2n) is 4.90. The third kappa shape index (κ3) is 4.13. The number of alkyl halides is 3. The molecule has 0 aliphatic heterocycles. The fraction of sp³-hybridized carbons (Fsp3) is 0.571. The van der Waals surface area contributed by atoms with Crippen molar-refractivity contribution in [2.45, 2.75) is 37.9 Å². The summed E-state index contributed by atoms with van der Waals surface area (Å²) in [4.78, 5) is 0. The lowest BCUT2D eigenvalue weighted by atomic mass is 9.76. The Hall–Kier alpha value is -1.23. The van der Waals surface area contributed by atoms with Crippen LogP contribution in [0.5, 0.6) is 5.75 Å². The normalized spacial score (nSPS) is 22.9. The van der Waals surface area contributed by atoms with E-state index in [1.54, 1.807) is 12.1 Å². The highest BCUT2D eigenvalue weighted by molar-refractivity contribution is 5.31. The molecule has 2 nitrogen and oxygen atoms in total. The van der Waals surface area contributed by atoms with Crippen molar-refractivity contribution in [2.75, 3.05) is 13.2 Å². The number of halogens is 3. The monoisotopic (exact) mass is 273 g/mol. The zero-order valence-corrected chi connectivity index (χ0v) is 10.8. The fourth-order valence-corrected chi connectivity index (χ4v) is 2.35. The molecule has 0 heterocycles. The Morgan fingerprint density at radius 2 is 1.84 bits per heavy atom. The largest absolute Gasteiger partial charge is 0.484 e. The molecule has 1 aromatic carbocycles. The highest BCUT2D eigenvalue weighted by Crippen LogP contribution is 2.37. The summed E-state index contributed by atoms with van der Waals surface area (Å²) in [7, 11) is 0. The van der Waals surface area contributed by atoms with E-state index < -0.39 is 12.8 Å². The molecule has 1 aromatic rings. The summed E-state index contributed by atoms with van der Waals surface area (Å²) >= 11 is 0. The minimum Gasteiger partial charge on any atom is -0.484 e. The molecule has 0 aromatic heterocycles. The molecule has 19 heavy (non-hydrogen) atoms. The van der Waals surface area contributed by atoms with E-state index in [0.717, 1.165) is 19.4 Å². The highest BCUT2D eigenvalue weighted by atomic mass is 19.4. The first kappa shape index (κ1) is 14.2. The minimum atomic E-state index is -4.29. The van der Waals surface area contributed by atoms with Crippen LogP contribution < -0.4 is 10.1 Å². The van der Waals surface area contributed by atoms with Gasteiger partial charge in [0, 0.05) is 6.04 Å². The van der Waals surface area contributed by atoms with Gasteiger partial charge in [-0.15, -0.1) is 0 Å². The molecule has 1 saturated carbocycles. The van der Waals surface area contributed by atoms with Gasteiger partial charge in [0.05, 0.1) is 0 Å². The molecule has 106 valence electrons. The molecule has 0 amide bonds. The average molecular weight is 273 g/mol. The zero-order chi connectivity index (χ0) is 13.9. The van der Waals surface area contributed by atoms with Gasteiger partial charge in [-0.2, -0.15) is 13.2 Å². The van der Waals surface area contributed by atoms with E-state index in [4.69, 9.17) is 0 Å². The van der Waals surface area contributed by atoms with Crippen molar-refractivity contribution in [3.63, 3.8) is 0 Å². The molecule has 1 fully saturated rings. The molecular formula is C14H18F3NO. The third-order valence-corrected chi connectivity index (χ3v) is 3.38. The molecule has 1 N–H and O–H groups in total. The van der Waals surface area contributed by atoms with Crippen molar-refractivity contribution in [1.29, 1.82) is 0 Å². The average Bonchev–Trinajstić information content (AvgIpc) is 2.31. The smallest absolute Gasteiger partial charge is 0.422 e. The van der Waals surface area contributed by atoms with Crippen LogP contribution in [0.25, 0.3) is 0 Å². The van der Waals surface area contributed by atoms with Gasteiger partial charge in [-0.1, -0.05) is 19.1 Å². The summed E-state index contributed by atoms with van der Waals surface area (Å²) in [5.41, 5.74) is 1.17. The summed E-state index contributed by atoms with van der Waals surface area (Å²) in [5, 5.41) is 3.38. The maximum Gasteiger partial charge on any atom is 0.422 e. The summed E-state index contributed by atoms with van der Waals surface area (Å²) < 4.78 is 40.7. The van der Waals surface area contributed by atoms with Crippen LogP contribution in [0.2, 0.25) is 0 Å². The second kappa shape index (κ2) is 5.82. The number of benzene rings is 1. The lowest BCUT2D eigenvalue weighted by Gasteiger charge is -2.36. The van der Waals surface area contributed by atoms with Crippen LogP contribution >= 0.6 is 0 Å². The van der Waals surface area contributed by atoms with Crippen LogP contribution in [-0.4, -0.2) is 25.4 Å². The van der Waals surface area contributed by atoms with Crippen LogP contribution in [0.1, 0.15) is 31.2 Å². The molecule has 0 unspecified atom stereocenters. The van der Waals surface area contributed by atoms with Gasteiger partial charge in [-0.05, 0) is 43.0 Å². The lowest BCUT2D eigenvalue weighted by Crippen LogP contribution is -2.39. The van der Waals surface area contributed by atoms with Gasteiger partial charge in [0.25, 0.3) is 0 Å². The zero-order valence-electron chi connectivity index (χ0n) is 10.8. The number of rotatable bonds is 5. The molecule has 0 saturated heterocycles. The van der Waals surface area contributed by atoms with Crippen molar-refractivity contribution >= 4 is 0 Å². The van der Waals surface area contributed by atoms with E-state index in [0.29, 0.717) is 12.0 Å². The number of hydrogen-bond acceptors (Lipinski definition) is 2. The molecule has 0 radical (unpaired) electrons. The molecule has 2 rings (SSSR count).